The summed E-state index contributed by atoms with van der Waals surface area (Å²) >= 11 is 0. The van der Waals surface area contributed by atoms with Crippen molar-refractivity contribution < 1.29 is 14.3 Å². The molecule has 3 aliphatic rings. The highest BCUT2D eigenvalue weighted by Crippen LogP contribution is 2.37. The van der Waals surface area contributed by atoms with E-state index in [4.69, 9.17) is 4.74 Å². The fourth-order valence-corrected chi connectivity index (χ4v) is 2.39. The van der Waals surface area contributed by atoms with Crippen LogP contribution in [-0.2, 0) is 14.3 Å². The topological polar surface area (TPSA) is 46.6 Å². The number of amides is 1. The highest BCUT2D eigenvalue weighted by atomic mass is 16.5. The summed E-state index contributed by atoms with van der Waals surface area (Å²) in [5, 5.41) is 0. The van der Waals surface area contributed by atoms with Gasteiger partial charge in [-0.2, -0.15) is 0 Å². The second kappa shape index (κ2) is 3.98. The normalized spacial score (nSPS) is 21.8. The molecule has 1 aliphatic heterocycles. The molecule has 92 valence electrons. The molecule has 0 aromatic heterocycles. The van der Waals surface area contributed by atoms with Crippen molar-refractivity contribution in [3.63, 3.8) is 0 Å². The van der Waals surface area contributed by atoms with E-state index in [9.17, 15) is 9.59 Å². The largest absolute Gasteiger partial charge is 0.457 e. The minimum absolute atomic E-state index is 0.00709. The lowest BCUT2D eigenvalue weighted by Crippen LogP contribution is -2.34. The third kappa shape index (κ3) is 1.61. The van der Waals surface area contributed by atoms with E-state index in [-0.39, 0.29) is 11.7 Å². The van der Waals surface area contributed by atoms with E-state index in [1.54, 1.807) is 11.0 Å². The summed E-state index contributed by atoms with van der Waals surface area (Å²) in [6.45, 7) is 1.52. The number of carbonyl (C=O) groups excluding carboxylic acids is 2. The minimum Gasteiger partial charge on any atom is -0.457 e. The molecule has 0 aromatic carbocycles. The Labute approximate surface area is 105 Å². The number of rotatable bonds is 0. The first-order valence-corrected chi connectivity index (χ1v) is 6.00. The Morgan fingerprint density at radius 2 is 2.28 bits per heavy atom. The van der Waals surface area contributed by atoms with E-state index in [1.807, 2.05) is 12.2 Å². The van der Waals surface area contributed by atoms with Crippen LogP contribution in [0.3, 0.4) is 0 Å². The summed E-state index contributed by atoms with van der Waals surface area (Å²) in [5.41, 5.74) is 1.49. The van der Waals surface area contributed by atoms with Gasteiger partial charge in [-0.1, -0.05) is 6.08 Å². The molecule has 4 nitrogen and oxygen atoms in total. The van der Waals surface area contributed by atoms with Crippen LogP contribution in [0.5, 0.6) is 0 Å². The SMILES string of the molecule is CC(=O)N1C2=CCC(=O)C=C2OC2=C1C=CCC2. The van der Waals surface area contributed by atoms with Crippen LogP contribution in [0.15, 0.2) is 47.2 Å². The number of nitrogens with zero attached hydrogens (tertiary/aromatic N) is 1. The van der Waals surface area contributed by atoms with Gasteiger partial charge in [0.2, 0.25) is 5.91 Å². The number of hydrogen-bond acceptors (Lipinski definition) is 3. The van der Waals surface area contributed by atoms with Gasteiger partial charge in [0.05, 0.1) is 11.4 Å². The van der Waals surface area contributed by atoms with E-state index in [2.05, 4.69) is 0 Å². The Hall–Kier alpha value is -2.10. The molecule has 18 heavy (non-hydrogen) atoms. The van der Waals surface area contributed by atoms with E-state index in [0.717, 1.165) is 24.3 Å². The zero-order valence-electron chi connectivity index (χ0n) is 10.1. The molecule has 0 saturated heterocycles. The number of fused-ring (bicyclic) bond motifs is 1. The Morgan fingerprint density at radius 1 is 1.44 bits per heavy atom. The van der Waals surface area contributed by atoms with Gasteiger partial charge in [-0.05, 0) is 18.6 Å². The van der Waals surface area contributed by atoms with Gasteiger partial charge >= 0.3 is 0 Å². The van der Waals surface area contributed by atoms with Gasteiger partial charge in [0.15, 0.2) is 11.5 Å². The molecule has 0 fully saturated rings. The van der Waals surface area contributed by atoms with Crippen LogP contribution in [0.2, 0.25) is 0 Å². The Kier molecular flexibility index (Phi) is 2.44. The predicted molar refractivity (Wildman–Crippen MR) is 64.8 cm³/mol. The van der Waals surface area contributed by atoms with Crippen molar-refractivity contribution in [2.24, 2.45) is 0 Å². The van der Waals surface area contributed by atoms with Gasteiger partial charge in [0.1, 0.15) is 5.76 Å². The van der Waals surface area contributed by atoms with Crippen molar-refractivity contribution in [2.75, 3.05) is 0 Å². The Balaban J connectivity index is 2.13. The monoisotopic (exact) mass is 243 g/mol. The fourth-order valence-electron chi connectivity index (χ4n) is 2.39. The highest BCUT2D eigenvalue weighted by Gasteiger charge is 2.33. The maximum absolute atomic E-state index is 11.8. The molecule has 2 aliphatic carbocycles. The predicted octanol–water partition coefficient (Wildman–Crippen LogP) is 2.17. The second-order valence-electron chi connectivity index (χ2n) is 4.47. The zero-order valence-corrected chi connectivity index (χ0v) is 10.1. The molecule has 0 spiro atoms. The third-order valence-electron chi connectivity index (χ3n) is 3.17. The summed E-state index contributed by atoms with van der Waals surface area (Å²) in [4.78, 5) is 24.9. The summed E-state index contributed by atoms with van der Waals surface area (Å²) in [5.74, 6) is 1.21. The number of allylic oxidation sites excluding steroid dienone is 5. The number of ether oxygens (including phenoxy) is 1. The van der Waals surface area contributed by atoms with Gasteiger partial charge in [-0.3, -0.25) is 14.5 Å². The van der Waals surface area contributed by atoms with Crippen LogP contribution in [0.25, 0.3) is 0 Å². The van der Waals surface area contributed by atoms with Crippen molar-refractivity contribution >= 4 is 11.7 Å². The van der Waals surface area contributed by atoms with Crippen LogP contribution < -0.4 is 0 Å². The number of carbonyl (C=O) groups is 2. The molecule has 4 heteroatoms. The smallest absolute Gasteiger partial charge is 0.228 e. The quantitative estimate of drug-likeness (QED) is 0.655. The molecule has 0 unspecified atom stereocenters. The lowest BCUT2D eigenvalue weighted by molar-refractivity contribution is -0.126. The average Bonchev–Trinajstić information content (AvgIpc) is 2.35. The summed E-state index contributed by atoms with van der Waals surface area (Å²) in [6, 6.07) is 0. The van der Waals surface area contributed by atoms with Crippen molar-refractivity contribution in [3.8, 4) is 0 Å². The van der Waals surface area contributed by atoms with Crippen LogP contribution >= 0.6 is 0 Å². The van der Waals surface area contributed by atoms with Crippen LogP contribution in [0.4, 0.5) is 0 Å². The van der Waals surface area contributed by atoms with Crippen LogP contribution in [0.1, 0.15) is 26.2 Å². The first-order chi connectivity index (χ1) is 8.66. The Bertz CT molecular complexity index is 564. The summed E-state index contributed by atoms with van der Waals surface area (Å²) in [6.07, 6.45) is 9.14. The molecule has 0 atom stereocenters. The van der Waals surface area contributed by atoms with E-state index in [0.29, 0.717) is 17.9 Å². The first kappa shape index (κ1) is 11.0. The molecular formula is C14H13NO3. The van der Waals surface area contributed by atoms with Gasteiger partial charge in [-0.15, -0.1) is 0 Å². The molecule has 0 radical (unpaired) electrons. The highest BCUT2D eigenvalue weighted by molar-refractivity contribution is 5.94. The molecule has 0 saturated carbocycles. The molecule has 0 N–H and O–H groups in total. The van der Waals surface area contributed by atoms with Gasteiger partial charge in [-0.25, -0.2) is 0 Å². The average molecular weight is 243 g/mol. The molecule has 0 bridgehead atoms. The van der Waals surface area contributed by atoms with Crippen LogP contribution in [-0.4, -0.2) is 16.6 Å². The molecule has 0 aromatic rings. The van der Waals surface area contributed by atoms with Gasteiger partial charge in [0, 0.05) is 25.8 Å². The lowest BCUT2D eigenvalue weighted by atomic mass is 10.0. The van der Waals surface area contributed by atoms with Crippen molar-refractivity contribution in [3.05, 3.63) is 47.2 Å². The minimum atomic E-state index is -0.0659. The van der Waals surface area contributed by atoms with Gasteiger partial charge in [0.25, 0.3) is 0 Å². The first-order valence-electron chi connectivity index (χ1n) is 6.00. The van der Waals surface area contributed by atoms with Crippen molar-refractivity contribution in [2.45, 2.75) is 26.2 Å². The maximum Gasteiger partial charge on any atom is 0.228 e. The standard InChI is InChI=1S/C14H13NO3/c1-9(16)15-11-4-2-3-5-13(11)18-14-8-10(17)6-7-12(14)15/h2,4,7-8H,3,5-6H2,1H3. The summed E-state index contributed by atoms with van der Waals surface area (Å²) in [7, 11) is 0. The van der Waals surface area contributed by atoms with Crippen molar-refractivity contribution in [1.82, 2.24) is 4.90 Å². The second-order valence-corrected chi connectivity index (χ2v) is 4.47. The van der Waals surface area contributed by atoms with E-state index >= 15 is 0 Å². The lowest BCUT2D eigenvalue weighted by Gasteiger charge is -2.35. The van der Waals surface area contributed by atoms with E-state index < -0.39 is 0 Å². The molecular weight excluding hydrogens is 230 g/mol. The number of ketones is 1. The molecule has 1 heterocycles. The molecule has 3 rings (SSSR count). The molecule has 1 amide bonds. The van der Waals surface area contributed by atoms with Crippen LogP contribution in [0, 0.1) is 0 Å². The number of hydrogen-bond donors (Lipinski definition) is 0. The van der Waals surface area contributed by atoms with Crippen molar-refractivity contribution in [1.29, 1.82) is 0 Å². The summed E-state index contributed by atoms with van der Waals surface area (Å²) < 4.78 is 5.75. The third-order valence-corrected chi connectivity index (χ3v) is 3.17. The maximum atomic E-state index is 11.8. The Morgan fingerprint density at radius 3 is 3.06 bits per heavy atom. The fraction of sp³-hybridized carbons (Fsp3) is 0.286. The van der Waals surface area contributed by atoms with Gasteiger partial charge < -0.3 is 4.74 Å². The zero-order chi connectivity index (χ0) is 12.7. The van der Waals surface area contributed by atoms with E-state index in [1.165, 1.54) is 13.0 Å².